The Balaban J connectivity index is 1.87. The van der Waals surface area contributed by atoms with E-state index >= 15 is 0 Å². The third-order valence-electron chi connectivity index (χ3n) is 6.97. The summed E-state index contributed by atoms with van der Waals surface area (Å²) in [7, 11) is 3.05. The summed E-state index contributed by atoms with van der Waals surface area (Å²) < 4.78 is 8.02. The Kier molecular flexibility index (Phi) is 10.7. The number of likely N-dealkylation sites (N-methyl/N-ethyl adjacent to an activating group) is 1. The van der Waals surface area contributed by atoms with Crippen LogP contribution >= 0.6 is 23.2 Å². The summed E-state index contributed by atoms with van der Waals surface area (Å²) >= 11 is 12.4. The number of amides is 1. The minimum atomic E-state index is -1.02. The first-order valence-electron chi connectivity index (χ1n) is 13.0. The Morgan fingerprint density at radius 3 is 2.15 bits per heavy atom. The number of hydrogen-bond acceptors (Lipinski definition) is 6. The molecule has 1 amide bonds. The Morgan fingerprint density at radius 2 is 1.57 bits per heavy atom. The monoisotopic (exact) mass is 588 g/mol. The van der Waals surface area contributed by atoms with Gasteiger partial charge >= 0.3 is 11.7 Å². The number of nitrogens with zero attached hydrogens (tertiary/aromatic N) is 3. The number of nitrogens with one attached hydrogen (secondary N) is 1. The predicted octanol–water partition coefficient (Wildman–Crippen LogP) is 3.59. The molecule has 214 valence electrons. The number of esters is 1. The molecule has 0 fully saturated rings. The van der Waals surface area contributed by atoms with Crippen LogP contribution in [0.2, 0.25) is 10.0 Å². The number of rotatable bonds is 11. The highest BCUT2D eigenvalue weighted by Crippen LogP contribution is 2.25. The maximum atomic E-state index is 13.1. The van der Waals surface area contributed by atoms with E-state index < -0.39 is 29.2 Å². The molecule has 1 aromatic heterocycles. The first-order chi connectivity index (χ1) is 19.0. The molecule has 0 aliphatic carbocycles. The van der Waals surface area contributed by atoms with Gasteiger partial charge in [-0.2, -0.15) is 0 Å². The van der Waals surface area contributed by atoms with Gasteiger partial charge in [0.1, 0.15) is 12.6 Å². The molecule has 0 radical (unpaired) electrons. The van der Waals surface area contributed by atoms with E-state index in [-0.39, 0.29) is 28.6 Å². The molecule has 1 heterocycles. The molecule has 1 unspecified atom stereocenters. The summed E-state index contributed by atoms with van der Waals surface area (Å²) in [5.74, 6) is -1.18. The fraction of sp³-hybridized carbons (Fsp3) is 0.379. The second-order valence-corrected chi connectivity index (χ2v) is 10.2. The van der Waals surface area contributed by atoms with Gasteiger partial charge in [-0.3, -0.25) is 14.2 Å². The first kappa shape index (κ1) is 31.1. The summed E-state index contributed by atoms with van der Waals surface area (Å²) in [6, 6.07) is 10.7. The second-order valence-electron chi connectivity index (χ2n) is 9.38. The van der Waals surface area contributed by atoms with Crippen molar-refractivity contribution >= 4 is 35.1 Å². The molecule has 11 heteroatoms. The fourth-order valence-electron chi connectivity index (χ4n) is 4.38. The molecule has 1 N–H and O–H groups in total. The molecule has 0 aliphatic heterocycles. The van der Waals surface area contributed by atoms with Gasteiger partial charge in [-0.1, -0.05) is 67.4 Å². The Bertz CT molecular complexity index is 1470. The normalized spacial score (nSPS) is 11.9. The number of halogens is 2. The lowest BCUT2D eigenvalue weighted by molar-refractivity contribution is -0.146. The van der Waals surface area contributed by atoms with Crippen LogP contribution < -0.4 is 16.6 Å². The summed E-state index contributed by atoms with van der Waals surface area (Å²) in [6.07, 6.45) is 0.127. The van der Waals surface area contributed by atoms with Gasteiger partial charge in [-0.05, 0) is 43.3 Å². The summed E-state index contributed by atoms with van der Waals surface area (Å²) in [5, 5.41) is 3.06. The van der Waals surface area contributed by atoms with Gasteiger partial charge in [0.25, 0.3) is 11.5 Å². The molecule has 1 atom stereocenters. The molecule has 40 heavy (non-hydrogen) atoms. The summed E-state index contributed by atoms with van der Waals surface area (Å²) in [5.41, 5.74) is 1.57. The molecule has 0 bridgehead atoms. The van der Waals surface area contributed by atoms with E-state index in [4.69, 9.17) is 27.9 Å². The molecule has 2 aromatic carbocycles. The highest BCUT2D eigenvalue weighted by Gasteiger charge is 2.26. The van der Waals surface area contributed by atoms with E-state index in [2.05, 4.69) is 10.2 Å². The lowest BCUT2D eigenvalue weighted by Gasteiger charge is -2.21. The highest BCUT2D eigenvalue weighted by molar-refractivity contribution is 6.39. The molecule has 0 spiro atoms. The van der Waals surface area contributed by atoms with Crippen molar-refractivity contribution in [1.29, 1.82) is 0 Å². The van der Waals surface area contributed by atoms with Crippen LogP contribution in [0.1, 0.15) is 35.5 Å². The minimum absolute atomic E-state index is 0.0723. The van der Waals surface area contributed by atoms with Crippen LogP contribution in [0.3, 0.4) is 0 Å². The van der Waals surface area contributed by atoms with E-state index in [1.165, 1.54) is 11.6 Å². The molecule has 9 nitrogen and oxygen atoms in total. The number of carbonyl (C=O) groups is 2. The zero-order valence-electron chi connectivity index (χ0n) is 23.3. The standard InChI is InChI=1S/C29H34Cl2N4O5/c1-6-35(7-2)15-16-40-28(38)23(32-26(36)25-21(30)9-8-10-22(25)31)17-19-11-13-20(14-12-19)24-18(3)33(4)29(39)34(5)27(24)37/h8-14,23H,6-7,15-17H2,1-5H3,(H,32,36). The molecule has 0 aliphatic rings. The zero-order chi connectivity index (χ0) is 29.6. The minimum Gasteiger partial charge on any atom is -0.463 e. The lowest BCUT2D eigenvalue weighted by atomic mass is 10.00. The number of hydrogen-bond donors (Lipinski definition) is 1. The molecule has 0 saturated heterocycles. The maximum Gasteiger partial charge on any atom is 0.330 e. The van der Waals surface area contributed by atoms with Crippen molar-refractivity contribution in [2.45, 2.75) is 33.2 Å². The largest absolute Gasteiger partial charge is 0.463 e. The number of benzene rings is 2. The number of aromatic nitrogens is 2. The maximum absolute atomic E-state index is 13.1. The topological polar surface area (TPSA) is 103 Å². The molecule has 0 saturated carbocycles. The van der Waals surface area contributed by atoms with Crippen LogP contribution in [-0.4, -0.2) is 58.2 Å². The van der Waals surface area contributed by atoms with Crippen molar-refractivity contribution in [1.82, 2.24) is 19.4 Å². The van der Waals surface area contributed by atoms with Crippen molar-refractivity contribution in [2.24, 2.45) is 14.1 Å². The quantitative estimate of drug-likeness (QED) is 0.343. The Hall–Kier alpha value is -3.40. The van der Waals surface area contributed by atoms with Gasteiger partial charge < -0.3 is 19.5 Å². The van der Waals surface area contributed by atoms with E-state index in [0.29, 0.717) is 23.4 Å². The molecular weight excluding hydrogens is 555 g/mol. The van der Waals surface area contributed by atoms with Gasteiger partial charge in [0.05, 0.1) is 21.2 Å². The zero-order valence-corrected chi connectivity index (χ0v) is 24.8. The summed E-state index contributed by atoms with van der Waals surface area (Å²) in [6.45, 7) is 8.15. The van der Waals surface area contributed by atoms with Gasteiger partial charge in [0, 0.05) is 32.8 Å². The third-order valence-corrected chi connectivity index (χ3v) is 7.60. The Labute approximate surface area is 243 Å². The van der Waals surface area contributed by atoms with Crippen LogP contribution in [0.15, 0.2) is 52.1 Å². The molecular formula is C29H34Cl2N4O5. The van der Waals surface area contributed by atoms with Gasteiger partial charge in [-0.25, -0.2) is 9.59 Å². The smallest absolute Gasteiger partial charge is 0.330 e. The second kappa shape index (κ2) is 13.8. The van der Waals surface area contributed by atoms with Gasteiger partial charge in [0.15, 0.2) is 0 Å². The van der Waals surface area contributed by atoms with Gasteiger partial charge in [0.2, 0.25) is 0 Å². The van der Waals surface area contributed by atoms with Crippen molar-refractivity contribution in [2.75, 3.05) is 26.2 Å². The van der Waals surface area contributed by atoms with Crippen LogP contribution in [0, 0.1) is 6.92 Å². The third kappa shape index (κ3) is 7.02. The van der Waals surface area contributed by atoms with Gasteiger partial charge in [-0.15, -0.1) is 0 Å². The van der Waals surface area contributed by atoms with Crippen molar-refractivity contribution in [3.05, 3.63) is 90.2 Å². The summed E-state index contributed by atoms with van der Waals surface area (Å²) in [4.78, 5) is 53.4. The highest BCUT2D eigenvalue weighted by atomic mass is 35.5. The van der Waals surface area contributed by atoms with Crippen LogP contribution in [0.5, 0.6) is 0 Å². The van der Waals surface area contributed by atoms with Crippen molar-refractivity contribution in [3.63, 3.8) is 0 Å². The van der Waals surface area contributed by atoms with E-state index in [0.717, 1.165) is 23.2 Å². The van der Waals surface area contributed by atoms with E-state index in [1.54, 1.807) is 56.4 Å². The fourth-order valence-corrected chi connectivity index (χ4v) is 4.94. The lowest BCUT2D eigenvalue weighted by Crippen LogP contribution is -2.44. The molecule has 3 rings (SSSR count). The molecule has 3 aromatic rings. The van der Waals surface area contributed by atoms with Crippen LogP contribution in [0.4, 0.5) is 0 Å². The van der Waals surface area contributed by atoms with E-state index in [1.807, 2.05) is 13.8 Å². The average Bonchev–Trinajstić information content (AvgIpc) is 2.93. The van der Waals surface area contributed by atoms with E-state index in [9.17, 15) is 19.2 Å². The van der Waals surface area contributed by atoms with Crippen molar-refractivity contribution in [3.8, 4) is 11.1 Å². The number of carbonyl (C=O) groups excluding carboxylic acids is 2. The Morgan fingerprint density at radius 1 is 0.975 bits per heavy atom. The first-order valence-corrected chi connectivity index (χ1v) is 13.7. The van der Waals surface area contributed by atoms with Crippen LogP contribution in [-0.2, 0) is 30.0 Å². The predicted molar refractivity (Wildman–Crippen MR) is 157 cm³/mol. The van der Waals surface area contributed by atoms with Crippen LogP contribution in [0.25, 0.3) is 11.1 Å². The SMILES string of the molecule is CCN(CC)CCOC(=O)C(Cc1ccc(-c2c(C)n(C)c(=O)n(C)c2=O)cc1)NC(=O)c1c(Cl)cccc1Cl. The van der Waals surface area contributed by atoms with Crippen molar-refractivity contribution < 1.29 is 14.3 Å². The average molecular weight is 590 g/mol. The number of ether oxygens (including phenoxy) is 1.